The third-order valence-electron chi connectivity index (χ3n) is 4.63. The molecule has 0 atom stereocenters. The van der Waals surface area contributed by atoms with Crippen LogP contribution >= 0.6 is 11.6 Å². The monoisotopic (exact) mass is 390 g/mol. The van der Waals surface area contributed by atoms with E-state index in [1.54, 1.807) is 36.3 Å². The van der Waals surface area contributed by atoms with Crippen molar-refractivity contribution in [1.29, 1.82) is 0 Å². The number of methoxy groups -OCH3 is 1. The smallest absolute Gasteiger partial charge is 0.258 e. The maximum atomic E-state index is 14.0. The molecule has 1 saturated heterocycles. The lowest BCUT2D eigenvalue weighted by molar-refractivity contribution is 0.0694. The highest BCUT2D eigenvalue weighted by Crippen LogP contribution is 2.23. The van der Waals surface area contributed by atoms with E-state index in [1.807, 2.05) is 0 Å². The number of hydrogen-bond acceptors (Lipinski definition) is 3. The zero-order valence-electron chi connectivity index (χ0n) is 14.9. The number of nitrogens with zero attached hydrogens (tertiary/aromatic N) is 1. The van der Waals surface area contributed by atoms with E-state index < -0.39 is 11.7 Å². The van der Waals surface area contributed by atoms with Gasteiger partial charge in [0.1, 0.15) is 11.6 Å². The Hall–Kier alpha value is -2.60. The van der Waals surface area contributed by atoms with Crippen LogP contribution in [0.3, 0.4) is 0 Å². The molecule has 0 bridgehead atoms. The Balaban J connectivity index is 1.59. The van der Waals surface area contributed by atoms with E-state index in [0.29, 0.717) is 37.2 Å². The van der Waals surface area contributed by atoms with Crippen molar-refractivity contribution in [2.45, 2.75) is 18.9 Å². The summed E-state index contributed by atoms with van der Waals surface area (Å²) in [6, 6.07) is 11.1. The van der Waals surface area contributed by atoms with E-state index in [4.69, 9.17) is 16.3 Å². The fourth-order valence-electron chi connectivity index (χ4n) is 3.12. The van der Waals surface area contributed by atoms with E-state index >= 15 is 0 Å². The number of benzene rings is 2. The maximum Gasteiger partial charge on any atom is 0.258 e. The topological polar surface area (TPSA) is 58.6 Å². The third-order valence-corrected chi connectivity index (χ3v) is 4.94. The number of halogens is 2. The summed E-state index contributed by atoms with van der Waals surface area (Å²) in [6.07, 6.45) is 1.18. The van der Waals surface area contributed by atoms with Crippen molar-refractivity contribution >= 4 is 23.4 Å². The largest absolute Gasteiger partial charge is 0.497 e. The molecule has 1 aliphatic rings. The second kappa shape index (κ2) is 8.39. The Morgan fingerprint density at radius 2 is 1.89 bits per heavy atom. The zero-order chi connectivity index (χ0) is 19.4. The van der Waals surface area contributed by atoms with Crippen molar-refractivity contribution in [3.05, 3.63) is 64.4 Å². The molecule has 27 heavy (non-hydrogen) atoms. The Labute approximate surface area is 162 Å². The number of carbonyl (C=O) groups excluding carboxylic acids is 2. The summed E-state index contributed by atoms with van der Waals surface area (Å²) in [5, 5.41) is 3.08. The van der Waals surface area contributed by atoms with Gasteiger partial charge >= 0.3 is 0 Å². The minimum absolute atomic E-state index is 0.0520. The van der Waals surface area contributed by atoms with Crippen molar-refractivity contribution < 1.29 is 18.7 Å². The molecule has 0 radical (unpaired) electrons. The van der Waals surface area contributed by atoms with E-state index in [0.717, 1.165) is 0 Å². The quantitative estimate of drug-likeness (QED) is 0.868. The maximum absolute atomic E-state index is 14.0. The highest BCUT2D eigenvalue weighted by Gasteiger charge is 2.27. The molecule has 1 heterocycles. The van der Waals surface area contributed by atoms with Crippen LogP contribution in [0.1, 0.15) is 33.6 Å². The molecule has 1 N–H and O–H groups in total. The second-order valence-corrected chi connectivity index (χ2v) is 6.78. The molecule has 0 spiro atoms. The van der Waals surface area contributed by atoms with Crippen molar-refractivity contribution in [2.75, 3.05) is 20.2 Å². The summed E-state index contributed by atoms with van der Waals surface area (Å²) in [4.78, 5) is 26.5. The first-order valence-corrected chi connectivity index (χ1v) is 9.05. The number of carbonyl (C=O) groups is 2. The summed E-state index contributed by atoms with van der Waals surface area (Å²) >= 11 is 5.98. The van der Waals surface area contributed by atoms with Gasteiger partial charge in [-0.3, -0.25) is 9.59 Å². The zero-order valence-corrected chi connectivity index (χ0v) is 15.6. The molecule has 1 fully saturated rings. The molecule has 142 valence electrons. The molecule has 3 rings (SSSR count). The van der Waals surface area contributed by atoms with E-state index in [2.05, 4.69) is 5.32 Å². The van der Waals surface area contributed by atoms with Gasteiger partial charge in [0.15, 0.2) is 0 Å². The highest BCUT2D eigenvalue weighted by molar-refractivity contribution is 6.33. The Bertz CT molecular complexity index is 831. The Kier molecular flexibility index (Phi) is 5.96. The molecule has 7 heteroatoms. The SMILES string of the molecule is COc1cccc(C(=O)NC2CCN(C(=O)c3c(F)cccc3Cl)CC2)c1. The number of rotatable bonds is 4. The number of likely N-dealkylation sites (tertiary alicyclic amines) is 1. The number of amides is 2. The van der Waals surface area contributed by atoms with Crippen molar-refractivity contribution in [3.8, 4) is 5.75 Å². The van der Waals surface area contributed by atoms with Crippen LogP contribution in [0.4, 0.5) is 4.39 Å². The van der Waals surface area contributed by atoms with Gasteiger partial charge in [-0.25, -0.2) is 4.39 Å². The molecule has 1 aliphatic heterocycles. The van der Waals surface area contributed by atoms with Crippen LogP contribution < -0.4 is 10.1 Å². The molecular weight excluding hydrogens is 371 g/mol. The van der Waals surface area contributed by atoms with Crippen molar-refractivity contribution in [2.24, 2.45) is 0 Å². The molecule has 5 nitrogen and oxygen atoms in total. The van der Waals surface area contributed by atoms with Crippen LogP contribution in [-0.4, -0.2) is 43.0 Å². The van der Waals surface area contributed by atoms with Gasteiger partial charge in [0.2, 0.25) is 0 Å². The lowest BCUT2D eigenvalue weighted by atomic mass is 10.0. The fourth-order valence-corrected chi connectivity index (χ4v) is 3.36. The molecule has 2 aromatic carbocycles. The van der Waals surface area contributed by atoms with Gasteiger partial charge in [-0.15, -0.1) is 0 Å². The van der Waals surface area contributed by atoms with Gasteiger partial charge in [-0.2, -0.15) is 0 Å². The van der Waals surface area contributed by atoms with Crippen LogP contribution in [-0.2, 0) is 0 Å². The van der Waals surface area contributed by atoms with Gasteiger partial charge in [0.05, 0.1) is 17.7 Å². The van der Waals surface area contributed by atoms with Crippen LogP contribution in [0.2, 0.25) is 5.02 Å². The van der Waals surface area contributed by atoms with Gasteiger partial charge in [0.25, 0.3) is 11.8 Å². The van der Waals surface area contributed by atoms with Crippen molar-refractivity contribution in [3.63, 3.8) is 0 Å². The average Bonchev–Trinajstić information content (AvgIpc) is 2.68. The first-order valence-electron chi connectivity index (χ1n) is 8.68. The Morgan fingerprint density at radius 1 is 1.19 bits per heavy atom. The molecule has 0 aliphatic carbocycles. The summed E-state index contributed by atoms with van der Waals surface area (Å²) in [5.74, 6) is -0.614. The summed E-state index contributed by atoms with van der Waals surface area (Å²) in [5.41, 5.74) is 0.420. The van der Waals surface area contributed by atoms with Crippen LogP contribution in [0.5, 0.6) is 5.75 Å². The molecular formula is C20H20ClFN2O3. The summed E-state index contributed by atoms with van der Waals surface area (Å²) in [6.45, 7) is 0.846. The number of ether oxygens (including phenoxy) is 1. The molecule has 2 amide bonds. The minimum atomic E-state index is -0.624. The van der Waals surface area contributed by atoms with Crippen LogP contribution in [0, 0.1) is 5.82 Å². The third kappa shape index (κ3) is 4.39. The predicted molar refractivity (Wildman–Crippen MR) is 101 cm³/mol. The van der Waals surface area contributed by atoms with E-state index in [-0.39, 0.29) is 22.5 Å². The molecule has 0 aromatic heterocycles. The lowest BCUT2D eigenvalue weighted by Crippen LogP contribution is -2.46. The average molecular weight is 391 g/mol. The minimum Gasteiger partial charge on any atom is -0.497 e. The van der Waals surface area contributed by atoms with Gasteiger partial charge in [-0.1, -0.05) is 23.7 Å². The van der Waals surface area contributed by atoms with Gasteiger partial charge in [-0.05, 0) is 43.2 Å². The fraction of sp³-hybridized carbons (Fsp3) is 0.300. The highest BCUT2D eigenvalue weighted by atomic mass is 35.5. The van der Waals surface area contributed by atoms with E-state index in [1.165, 1.54) is 18.2 Å². The normalized spacial score (nSPS) is 14.7. The van der Waals surface area contributed by atoms with Gasteiger partial charge < -0.3 is 15.0 Å². The summed E-state index contributed by atoms with van der Waals surface area (Å²) < 4.78 is 19.1. The number of nitrogens with one attached hydrogen (secondary N) is 1. The van der Waals surface area contributed by atoms with Crippen LogP contribution in [0.25, 0.3) is 0 Å². The standard InChI is InChI=1S/C20H20ClFN2O3/c1-27-15-5-2-4-13(12-15)19(25)23-14-8-10-24(11-9-14)20(26)18-16(21)6-3-7-17(18)22/h2-7,12,14H,8-11H2,1H3,(H,23,25). The predicted octanol–water partition coefficient (Wildman–Crippen LogP) is 3.52. The number of piperidine rings is 1. The van der Waals surface area contributed by atoms with Gasteiger partial charge in [0, 0.05) is 24.7 Å². The first kappa shape index (κ1) is 19.2. The molecule has 2 aromatic rings. The Morgan fingerprint density at radius 3 is 2.56 bits per heavy atom. The molecule has 0 unspecified atom stereocenters. The first-order chi connectivity index (χ1) is 13.0. The van der Waals surface area contributed by atoms with Crippen molar-refractivity contribution in [1.82, 2.24) is 10.2 Å². The van der Waals surface area contributed by atoms with E-state index in [9.17, 15) is 14.0 Å². The van der Waals surface area contributed by atoms with Crippen LogP contribution in [0.15, 0.2) is 42.5 Å². The second-order valence-electron chi connectivity index (χ2n) is 6.37. The number of hydrogen-bond donors (Lipinski definition) is 1. The molecule has 0 saturated carbocycles. The summed E-state index contributed by atoms with van der Waals surface area (Å²) in [7, 11) is 1.55. The lowest BCUT2D eigenvalue weighted by Gasteiger charge is -2.32.